The highest BCUT2D eigenvalue weighted by molar-refractivity contribution is 6.88. The van der Waals surface area contributed by atoms with E-state index < -0.39 is 8.07 Å². The Morgan fingerprint density at radius 2 is 1.23 bits per heavy atom. The lowest BCUT2D eigenvalue weighted by molar-refractivity contribution is 0.995. The van der Waals surface area contributed by atoms with Crippen molar-refractivity contribution in [2.24, 2.45) is 0 Å². The predicted molar refractivity (Wildman–Crippen MR) is 65.6 cm³/mol. The van der Waals surface area contributed by atoms with Crippen LogP contribution < -0.4 is 0 Å². The van der Waals surface area contributed by atoms with Gasteiger partial charge in [-0.15, -0.1) is 0 Å². The Hall–Kier alpha value is -0.303. The molecule has 0 N–H and O–H groups in total. The van der Waals surface area contributed by atoms with Crippen LogP contribution >= 0.6 is 0 Å². The highest BCUT2D eigenvalue weighted by Crippen LogP contribution is 2.22. The molecule has 0 aromatic rings. The number of hydrogen-bond donors (Lipinski definition) is 0. The van der Waals surface area contributed by atoms with Crippen molar-refractivity contribution in [2.75, 3.05) is 0 Å². The lowest BCUT2D eigenvalue weighted by atomic mass is 10.6. The minimum absolute atomic E-state index is 1.16. The van der Waals surface area contributed by atoms with Crippen LogP contribution in [-0.2, 0) is 0 Å². The van der Waals surface area contributed by atoms with Gasteiger partial charge in [-0.25, -0.2) is 0 Å². The lowest BCUT2D eigenvalue weighted by Crippen LogP contribution is -2.29. The van der Waals surface area contributed by atoms with Crippen LogP contribution in [0.4, 0.5) is 0 Å². The Morgan fingerprint density at radius 3 is 1.46 bits per heavy atom. The summed E-state index contributed by atoms with van der Waals surface area (Å²) in [6.07, 6.45) is 7.14. The molecule has 0 aromatic carbocycles. The Bertz CT molecular complexity index is 148. The molecule has 0 rings (SSSR count). The first-order valence-electron chi connectivity index (χ1n) is 5.52. The molecule has 0 aliphatic carbocycles. The molecular formula is C12H24Si. The van der Waals surface area contributed by atoms with Crippen molar-refractivity contribution in [3.63, 3.8) is 0 Å². The zero-order chi connectivity index (χ0) is 10.2. The number of allylic oxidation sites excluding steroid dienone is 2. The van der Waals surface area contributed by atoms with Gasteiger partial charge in [0.1, 0.15) is 8.07 Å². The van der Waals surface area contributed by atoms with E-state index in [2.05, 4.69) is 51.2 Å². The lowest BCUT2D eigenvalue weighted by Gasteiger charge is -2.23. The first kappa shape index (κ1) is 12.7. The molecule has 0 atom stereocenters. The van der Waals surface area contributed by atoms with E-state index in [0.717, 1.165) is 0 Å². The highest BCUT2D eigenvalue weighted by atomic mass is 28.3. The van der Waals surface area contributed by atoms with Gasteiger partial charge in [-0.1, -0.05) is 62.3 Å². The summed E-state index contributed by atoms with van der Waals surface area (Å²) < 4.78 is 0. The van der Waals surface area contributed by atoms with Gasteiger partial charge in [0, 0.05) is 0 Å². The molecule has 0 saturated carbocycles. The van der Waals surface area contributed by atoms with Crippen molar-refractivity contribution in [1.29, 1.82) is 0 Å². The van der Waals surface area contributed by atoms with E-state index in [0.29, 0.717) is 0 Å². The van der Waals surface area contributed by atoms with Crippen molar-refractivity contribution in [3.05, 3.63) is 23.6 Å². The molecule has 0 unspecified atom stereocenters. The first-order chi connectivity index (χ1) is 6.24. The van der Waals surface area contributed by atoms with E-state index in [1.807, 2.05) is 0 Å². The van der Waals surface area contributed by atoms with Crippen LogP contribution in [0.25, 0.3) is 0 Å². The van der Waals surface area contributed by atoms with Gasteiger partial charge in [-0.05, 0) is 13.8 Å². The zero-order valence-electron chi connectivity index (χ0n) is 9.64. The van der Waals surface area contributed by atoms with Crippen LogP contribution in [0.3, 0.4) is 0 Å². The summed E-state index contributed by atoms with van der Waals surface area (Å²) in [6.45, 7) is 8.89. The van der Waals surface area contributed by atoms with Crippen molar-refractivity contribution in [2.45, 2.75) is 52.6 Å². The Labute approximate surface area is 84.8 Å². The van der Waals surface area contributed by atoms with Crippen LogP contribution in [0.2, 0.25) is 12.1 Å². The van der Waals surface area contributed by atoms with Gasteiger partial charge in [0.2, 0.25) is 0 Å². The third kappa shape index (κ3) is 4.46. The van der Waals surface area contributed by atoms with Crippen LogP contribution in [0.1, 0.15) is 40.5 Å². The molecule has 0 heterocycles. The largest absolute Gasteiger partial charge is 0.101 e. The first-order valence-corrected chi connectivity index (χ1v) is 8.09. The summed E-state index contributed by atoms with van der Waals surface area (Å²) in [7, 11) is -1.16. The molecule has 0 saturated heterocycles. The normalized spacial score (nSPS) is 13.2. The summed E-state index contributed by atoms with van der Waals surface area (Å²) >= 11 is 0. The van der Waals surface area contributed by atoms with Crippen molar-refractivity contribution in [3.8, 4) is 0 Å². The smallest absolute Gasteiger partial charge is 0.0952 e. The maximum Gasteiger partial charge on any atom is 0.101 e. The predicted octanol–water partition coefficient (Wildman–Crippen LogP) is 4.49. The molecule has 0 amide bonds. The molecular weight excluding hydrogens is 172 g/mol. The topological polar surface area (TPSA) is 0 Å². The molecule has 1 heteroatoms. The third-order valence-corrected chi connectivity index (χ3v) is 7.28. The Morgan fingerprint density at radius 1 is 0.846 bits per heavy atom. The SMILES string of the molecule is CC=C[Si](C=CC)(CCC)CCC. The van der Waals surface area contributed by atoms with Gasteiger partial charge in [-0.3, -0.25) is 0 Å². The average Bonchev–Trinajstić information content (AvgIpc) is 2.06. The van der Waals surface area contributed by atoms with Gasteiger partial charge in [0.15, 0.2) is 0 Å². The maximum absolute atomic E-state index is 2.50. The molecule has 0 fully saturated rings. The fraction of sp³-hybridized carbons (Fsp3) is 0.667. The third-order valence-electron chi connectivity index (χ3n) is 2.43. The van der Waals surface area contributed by atoms with Crippen LogP contribution in [0.15, 0.2) is 23.6 Å². The summed E-state index contributed by atoms with van der Waals surface area (Å²) in [5, 5.41) is 0. The van der Waals surface area contributed by atoms with E-state index in [1.54, 1.807) is 0 Å². The molecule has 0 aliphatic rings. The van der Waals surface area contributed by atoms with Crippen molar-refractivity contribution in [1.82, 2.24) is 0 Å². The molecule has 0 spiro atoms. The van der Waals surface area contributed by atoms with Gasteiger partial charge in [0.25, 0.3) is 0 Å². The quantitative estimate of drug-likeness (QED) is 0.549. The van der Waals surface area contributed by atoms with Crippen LogP contribution in [0, 0.1) is 0 Å². The molecule has 76 valence electrons. The van der Waals surface area contributed by atoms with Gasteiger partial charge in [0.05, 0.1) is 0 Å². The maximum atomic E-state index is 2.50. The Balaban J connectivity index is 4.57. The Kier molecular flexibility index (Phi) is 6.97. The van der Waals surface area contributed by atoms with Crippen molar-refractivity contribution < 1.29 is 0 Å². The van der Waals surface area contributed by atoms with Gasteiger partial charge in [-0.2, -0.15) is 0 Å². The van der Waals surface area contributed by atoms with E-state index in [9.17, 15) is 0 Å². The monoisotopic (exact) mass is 196 g/mol. The van der Waals surface area contributed by atoms with E-state index in [-0.39, 0.29) is 0 Å². The molecule has 0 nitrogen and oxygen atoms in total. The standard InChI is InChI=1S/C12H24Si/c1-5-9-13(10-6-2,11-7-3)12-8-4/h5-6,9-10H,7-8,11-12H2,1-4H3. The molecule has 0 aromatic heterocycles. The molecule has 13 heavy (non-hydrogen) atoms. The molecule has 0 aliphatic heterocycles. The van der Waals surface area contributed by atoms with E-state index >= 15 is 0 Å². The van der Waals surface area contributed by atoms with E-state index in [4.69, 9.17) is 0 Å². The van der Waals surface area contributed by atoms with Crippen LogP contribution in [-0.4, -0.2) is 8.07 Å². The van der Waals surface area contributed by atoms with Gasteiger partial charge < -0.3 is 0 Å². The minimum atomic E-state index is -1.16. The van der Waals surface area contributed by atoms with E-state index in [1.165, 1.54) is 24.9 Å². The second kappa shape index (κ2) is 7.13. The fourth-order valence-electron chi connectivity index (χ4n) is 2.11. The highest BCUT2D eigenvalue weighted by Gasteiger charge is 2.23. The summed E-state index contributed by atoms with van der Waals surface area (Å²) in [6, 6.07) is 2.82. The number of rotatable bonds is 6. The fourth-order valence-corrected chi connectivity index (χ4v) is 6.33. The van der Waals surface area contributed by atoms with Gasteiger partial charge >= 0.3 is 0 Å². The molecule has 0 bridgehead atoms. The summed E-state index contributed by atoms with van der Waals surface area (Å²) in [5.74, 6) is 0. The van der Waals surface area contributed by atoms with Crippen molar-refractivity contribution >= 4 is 8.07 Å². The summed E-state index contributed by atoms with van der Waals surface area (Å²) in [4.78, 5) is 0. The minimum Gasteiger partial charge on any atom is -0.0952 e. The molecule has 0 radical (unpaired) electrons. The second-order valence-corrected chi connectivity index (χ2v) is 7.87. The zero-order valence-corrected chi connectivity index (χ0v) is 10.6. The second-order valence-electron chi connectivity index (χ2n) is 3.73. The average molecular weight is 196 g/mol. The number of hydrogen-bond acceptors (Lipinski definition) is 0. The summed E-state index contributed by atoms with van der Waals surface area (Å²) in [5.41, 5.74) is 5.00. The van der Waals surface area contributed by atoms with Crippen LogP contribution in [0.5, 0.6) is 0 Å².